The molecule has 1 amide bonds. The zero-order valence-electron chi connectivity index (χ0n) is 13.7. The number of aliphatic carboxylic acids is 1. The van der Waals surface area contributed by atoms with Crippen LogP contribution in [0.5, 0.6) is 17.2 Å². The number of carbonyl (C=O) groups is 2. The summed E-state index contributed by atoms with van der Waals surface area (Å²) < 4.78 is 16.0. The van der Waals surface area contributed by atoms with E-state index in [0.717, 1.165) is 5.56 Å². The minimum absolute atomic E-state index is 0.0984. The summed E-state index contributed by atoms with van der Waals surface area (Å²) in [5.41, 5.74) is 6.57. The molecule has 1 aliphatic heterocycles. The molecule has 1 heterocycles. The van der Waals surface area contributed by atoms with Crippen molar-refractivity contribution in [2.75, 3.05) is 13.9 Å². The number of fused-ring (bicyclic) bond motifs is 1. The van der Waals surface area contributed by atoms with Crippen LogP contribution in [0.4, 0.5) is 0 Å². The monoisotopic (exact) mass is 338 g/mol. The Morgan fingerprint density at radius 1 is 1.38 bits per heavy atom. The zero-order valence-corrected chi connectivity index (χ0v) is 13.7. The van der Waals surface area contributed by atoms with E-state index in [2.05, 4.69) is 5.32 Å². The second-order valence-electron chi connectivity index (χ2n) is 5.67. The lowest BCUT2D eigenvalue weighted by atomic mass is 10.0. The molecule has 132 valence electrons. The van der Waals surface area contributed by atoms with Crippen molar-refractivity contribution in [1.82, 2.24) is 5.32 Å². The summed E-state index contributed by atoms with van der Waals surface area (Å²) in [5.74, 6) is 0.570. The van der Waals surface area contributed by atoms with E-state index in [1.54, 1.807) is 13.2 Å². The van der Waals surface area contributed by atoms with E-state index < -0.39 is 12.0 Å². The predicted molar refractivity (Wildman–Crippen MR) is 85.3 cm³/mol. The Hall–Kier alpha value is -2.48. The van der Waals surface area contributed by atoms with Gasteiger partial charge in [-0.3, -0.25) is 9.59 Å². The second kappa shape index (κ2) is 7.87. The number of methoxy groups -OCH3 is 1. The van der Waals surface area contributed by atoms with Gasteiger partial charge in [-0.05, 0) is 25.8 Å². The van der Waals surface area contributed by atoms with Crippen molar-refractivity contribution in [2.24, 2.45) is 5.73 Å². The van der Waals surface area contributed by atoms with Crippen LogP contribution in [0.1, 0.15) is 25.3 Å². The number of carboxylic acid groups (broad SMARTS) is 1. The third-order valence-corrected chi connectivity index (χ3v) is 3.70. The van der Waals surface area contributed by atoms with Gasteiger partial charge in [0.1, 0.15) is 5.75 Å². The van der Waals surface area contributed by atoms with Crippen LogP contribution in [-0.2, 0) is 16.0 Å². The highest BCUT2D eigenvalue weighted by atomic mass is 16.7. The summed E-state index contributed by atoms with van der Waals surface area (Å²) in [6.45, 7) is 2.01. The summed E-state index contributed by atoms with van der Waals surface area (Å²) in [4.78, 5) is 22.5. The van der Waals surface area contributed by atoms with Crippen molar-refractivity contribution < 1.29 is 28.9 Å². The first kappa shape index (κ1) is 17.9. The van der Waals surface area contributed by atoms with E-state index in [9.17, 15) is 9.59 Å². The third kappa shape index (κ3) is 4.51. The normalized spacial score (nSPS) is 14.8. The van der Waals surface area contributed by atoms with Crippen molar-refractivity contribution in [3.63, 3.8) is 0 Å². The standard InChI is InChI=1S/C16H22N2O6/c1-9(18-16(21)11(17)3-4-15(19)20)5-10-6-13-14(24-8-23-13)7-12(10)22-2/h6-7,9,11H,3-5,8,17H2,1-2H3,(H,18,21)(H,19,20). The number of carbonyl (C=O) groups excluding carboxylic acids is 1. The van der Waals surface area contributed by atoms with Gasteiger partial charge in [-0.2, -0.15) is 0 Å². The molecule has 8 nitrogen and oxygen atoms in total. The first-order valence-electron chi connectivity index (χ1n) is 7.65. The highest BCUT2D eigenvalue weighted by Crippen LogP contribution is 2.38. The molecule has 1 aliphatic rings. The molecule has 1 aromatic carbocycles. The first-order valence-corrected chi connectivity index (χ1v) is 7.65. The van der Waals surface area contributed by atoms with Gasteiger partial charge in [-0.25, -0.2) is 0 Å². The number of nitrogens with one attached hydrogen (secondary N) is 1. The number of ether oxygens (including phenoxy) is 3. The van der Waals surface area contributed by atoms with Crippen molar-refractivity contribution in [1.29, 1.82) is 0 Å². The Balaban J connectivity index is 1.95. The Morgan fingerprint density at radius 3 is 2.67 bits per heavy atom. The van der Waals surface area contributed by atoms with Gasteiger partial charge in [-0.15, -0.1) is 0 Å². The molecule has 24 heavy (non-hydrogen) atoms. The molecule has 8 heteroatoms. The van der Waals surface area contributed by atoms with Crippen LogP contribution < -0.4 is 25.3 Å². The Labute approximate surface area is 139 Å². The van der Waals surface area contributed by atoms with Crippen LogP contribution in [0.25, 0.3) is 0 Å². The first-order chi connectivity index (χ1) is 11.4. The summed E-state index contributed by atoms with van der Waals surface area (Å²) in [7, 11) is 1.56. The van der Waals surface area contributed by atoms with E-state index >= 15 is 0 Å². The smallest absolute Gasteiger partial charge is 0.303 e. The SMILES string of the molecule is COc1cc2c(cc1CC(C)NC(=O)C(N)CCC(=O)O)OCO2. The molecule has 0 aromatic heterocycles. The summed E-state index contributed by atoms with van der Waals surface area (Å²) in [6.07, 6.45) is 0.470. The second-order valence-corrected chi connectivity index (χ2v) is 5.67. The molecular formula is C16H22N2O6. The fraction of sp³-hybridized carbons (Fsp3) is 0.500. The van der Waals surface area contributed by atoms with Gasteiger partial charge >= 0.3 is 5.97 Å². The van der Waals surface area contributed by atoms with Crippen LogP contribution in [0.15, 0.2) is 12.1 Å². The average molecular weight is 338 g/mol. The van der Waals surface area contributed by atoms with Crippen molar-refractivity contribution >= 4 is 11.9 Å². The Kier molecular flexibility index (Phi) is 5.86. The van der Waals surface area contributed by atoms with Crippen LogP contribution in [-0.4, -0.2) is 43.0 Å². The molecule has 1 aromatic rings. The average Bonchev–Trinajstić information content (AvgIpc) is 2.98. The molecule has 0 fully saturated rings. The summed E-state index contributed by atoms with van der Waals surface area (Å²) >= 11 is 0. The molecular weight excluding hydrogens is 316 g/mol. The van der Waals surface area contributed by atoms with Crippen LogP contribution in [0.2, 0.25) is 0 Å². The minimum Gasteiger partial charge on any atom is -0.496 e. The van der Waals surface area contributed by atoms with Gasteiger partial charge in [0.25, 0.3) is 0 Å². The molecule has 0 aliphatic carbocycles. The van der Waals surface area contributed by atoms with Gasteiger partial charge < -0.3 is 30.4 Å². The maximum atomic E-state index is 12.0. The fourth-order valence-corrected chi connectivity index (χ4v) is 2.46. The highest BCUT2D eigenvalue weighted by molar-refractivity contribution is 5.82. The molecule has 4 N–H and O–H groups in total. The molecule has 2 unspecified atom stereocenters. The summed E-state index contributed by atoms with van der Waals surface area (Å²) in [5, 5.41) is 11.4. The quantitative estimate of drug-likeness (QED) is 0.637. The van der Waals surface area contributed by atoms with E-state index in [-0.39, 0.29) is 31.6 Å². The molecule has 2 rings (SSSR count). The predicted octanol–water partition coefficient (Wildman–Crippen LogP) is 0.663. The van der Waals surface area contributed by atoms with E-state index in [1.165, 1.54) is 0 Å². The lowest BCUT2D eigenvalue weighted by Gasteiger charge is -2.18. The number of rotatable bonds is 8. The molecule has 0 spiro atoms. The Bertz CT molecular complexity index is 619. The van der Waals surface area contributed by atoms with Gasteiger partial charge in [0.05, 0.1) is 13.2 Å². The van der Waals surface area contributed by atoms with Crippen LogP contribution in [0, 0.1) is 0 Å². The zero-order chi connectivity index (χ0) is 17.7. The van der Waals surface area contributed by atoms with Gasteiger partial charge in [-0.1, -0.05) is 0 Å². The van der Waals surface area contributed by atoms with Crippen molar-refractivity contribution in [3.8, 4) is 17.2 Å². The van der Waals surface area contributed by atoms with Gasteiger partial charge in [0.15, 0.2) is 11.5 Å². The maximum absolute atomic E-state index is 12.0. The molecule has 0 saturated carbocycles. The molecule has 0 bridgehead atoms. The van der Waals surface area contributed by atoms with Crippen molar-refractivity contribution in [3.05, 3.63) is 17.7 Å². The van der Waals surface area contributed by atoms with Gasteiger partial charge in [0.2, 0.25) is 12.7 Å². The van der Waals surface area contributed by atoms with E-state index in [4.69, 9.17) is 25.1 Å². The lowest BCUT2D eigenvalue weighted by molar-refractivity contribution is -0.137. The number of nitrogens with two attached hydrogens (primary N) is 1. The topological polar surface area (TPSA) is 120 Å². The number of hydrogen-bond acceptors (Lipinski definition) is 6. The molecule has 0 saturated heterocycles. The number of benzene rings is 1. The number of carboxylic acids is 1. The largest absolute Gasteiger partial charge is 0.496 e. The van der Waals surface area contributed by atoms with E-state index in [0.29, 0.717) is 23.7 Å². The van der Waals surface area contributed by atoms with E-state index in [1.807, 2.05) is 13.0 Å². The number of amides is 1. The molecule has 0 radical (unpaired) electrons. The maximum Gasteiger partial charge on any atom is 0.303 e. The van der Waals surface area contributed by atoms with Gasteiger partial charge in [0, 0.05) is 24.1 Å². The lowest BCUT2D eigenvalue weighted by Crippen LogP contribution is -2.45. The Morgan fingerprint density at radius 2 is 2.04 bits per heavy atom. The molecule has 2 atom stereocenters. The highest BCUT2D eigenvalue weighted by Gasteiger charge is 2.21. The van der Waals surface area contributed by atoms with Crippen LogP contribution >= 0.6 is 0 Å². The fourth-order valence-electron chi connectivity index (χ4n) is 2.46. The third-order valence-electron chi connectivity index (χ3n) is 3.70. The number of hydrogen-bond donors (Lipinski definition) is 3. The minimum atomic E-state index is -0.976. The summed E-state index contributed by atoms with van der Waals surface area (Å²) in [6, 6.07) is 2.53. The van der Waals surface area contributed by atoms with Crippen LogP contribution in [0.3, 0.4) is 0 Å². The van der Waals surface area contributed by atoms with Crippen molar-refractivity contribution in [2.45, 2.75) is 38.3 Å².